The van der Waals surface area contributed by atoms with Gasteiger partial charge in [0.1, 0.15) is 0 Å². The van der Waals surface area contributed by atoms with Gasteiger partial charge in [0.15, 0.2) is 17.6 Å². The Hall–Kier alpha value is -3.22. The third kappa shape index (κ3) is 4.73. The molecule has 1 amide bonds. The van der Waals surface area contributed by atoms with Crippen LogP contribution in [0.25, 0.3) is 0 Å². The lowest BCUT2D eigenvalue weighted by Gasteiger charge is -2.17. The van der Waals surface area contributed by atoms with E-state index in [9.17, 15) is 9.59 Å². The lowest BCUT2D eigenvalue weighted by Crippen LogP contribution is -2.30. The second-order valence-electron chi connectivity index (χ2n) is 6.27. The molecule has 0 aliphatic carbocycles. The number of carbonyl (C=O) groups is 2. The van der Waals surface area contributed by atoms with Crippen molar-refractivity contribution in [2.45, 2.75) is 26.9 Å². The number of ether oxygens (including phenoxy) is 4. The normalized spacial score (nSPS) is 11.4. The van der Waals surface area contributed by atoms with Gasteiger partial charge in [0.25, 0.3) is 5.91 Å². The molecule has 7 heteroatoms. The van der Waals surface area contributed by atoms with Crippen LogP contribution in [0.15, 0.2) is 30.3 Å². The molecule has 0 heterocycles. The van der Waals surface area contributed by atoms with Crippen LogP contribution in [0.3, 0.4) is 0 Å². The summed E-state index contributed by atoms with van der Waals surface area (Å²) in [6, 6.07) is 8.68. The molecule has 2 rings (SSSR count). The minimum absolute atomic E-state index is 0.181. The van der Waals surface area contributed by atoms with Crippen LogP contribution in [-0.2, 0) is 9.53 Å². The summed E-state index contributed by atoms with van der Waals surface area (Å²) in [5, 5.41) is 2.79. The maximum absolute atomic E-state index is 12.5. The SMILES string of the molecule is COc1cc(C(=O)OC(C)C(=O)Nc2cc(C)ccc2C)cc(OC)c1OC. The third-order valence-electron chi connectivity index (χ3n) is 4.20. The quantitative estimate of drug-likeness (QED) is 0.732. The molecule has 7 nitrogen and oxygen atoms in total. The first-order chi connectivity index (χ1) is 13.3. The van der Waals surface area contributed by atoms with Gasteiger partial charge < -0.3 is 24.3 Å². The van der Waals surface area contributed by atoms with E-state index in [1.54, 1.807) is 0 Å². The Labute approximate surface area is 164 Å². The van der Waals surface area contributed by atoms with Gasteiger partial charge in [-0.3, -0.25) is 4.79 Å². The molecular formula is C21H25NO6. The zero-order chi connectivity index (χ0) is 20.8. The highest BCUT2D eigenvalue weighted by Gasteiger charge is 2.22. The van der Waals surface area contributed by atoms with Gasteiger partial charge in [0, 0.05) is 5.69 Å². The van der Waals surface area contributed by atoms with Gasteiger partial charge >= 0.3 is 5.97 Å². The third-order valence-corrected chi connectivity index (χ3v) is 4.20. The van der Waals surface area contributed by atoms with Crippen molar-refractivity contribution in [1.82, 2.24) is 0 Å². The number of aryl methyl sites for hydroxylation is 2. The lowest BCUT2D eigenvalue weighted by atomic mass is 10.1. The van der Waals surface area contributed by atoms with E-state index < -0.39 is 18.0 Å². The van der Waals surface area contributed by atoms with Crippen LogP contribution < -0.4 is 19.5 Å². The Bertz CT molecular complexity index is 852. The molecule has 1 N–H and O–H groups in total. The standard InChI is InChI=1S/C21H25NO6/c1-12-7-8-13(2)16(9-12)22-20(23)14(3)28-21(24)15-10-17(25-4)19(27-6)18(11-15)26-5/h7-11,14H,1-6H3,(H,22,23). The second kappa shape index (κ2) is 9.12. The Morgan fingerprint density at radius 1 is 0.929 bits per heavy atom. The first-order valence-corrected chi connectivity index (χ1v) is 8.69. The average molecular weight is 387 g/mol. The molecule has 0 saturated carbocycles. The molecule has 2 aromatic rings. The van der Waals surface area contributed by atoms with E-state index in [0.717, 1.165) is 11.1 Å². The molecule has 1 atom stereocenters. The molecule has 1 unspecified atom stereocenters. The highest BCUT2D eigenvalue weighted by Crippen LogP contribution is 2.38. The summed E-state index contributed by atoms with van der Waals surface area (Å²) >= 11 is 0. The van der Waals surface area contributed by atoms with Gasteiger partial charge in [0.2, 0.25) is 5.75 Å². The summed E-state index contributed by atoms with van der Waals surface area (Å²) < 4.78 is 21.0. The number of hydrogen-bond donors (Lipinski definition) is 1. The van der Waals surface area contributed by atoms with Crippen LogP contribution in [0, 0.1) is 13.8 Å². The van der Waals surface area contributed by atoms with Crippen molar-refractivity contribution in [2.75, 3.05) is 26.6 Å². The fraction of sp³-hybridized carbons (Fsp3) is 0.333. The van der Waals surface area contributed by atoms with Gasteiger partial charge in [-0.25, -0.2) is 4.79 Å². The van der Waals surface area contributed by atoms with Crippen LogP contribution >= 0.6 is 0 Å². The van der Waals surface area contributed by atoms with Crippen molar-refractivity contribution in [1.29, 1.82) is 0 Å². The van der Waals surface area contributed by atoms with Gasteiger partial charge in [-0.05, 0) is 50.1 Å². The van der Waals surface area contributed by atoms with Crippen LogP contribution in [0.2, 0.25) is 0 Å². The fourth-order valence-electron chi connectivity index (χ4n) is 2.59. The van der Waals surface area contributed by atoms with Crippen molar-refractivity contribution in [3.8, 4) is 17.2 Å². The fourth-order valence-corrected chi connectivity index (χ4v) is 2.59. The predicted octanol–water partition coefficient (Wildman–Crippen LogP) is 3.51. The number of anilines is 1. The zero-order valence-corrected chi connectivity index (χ0v) is 16.9. The monoisotopic (exact) mass is 387 g/mol. The number of carbonyl (C=O) groups excluding carboxylic acids is 2. The van der Waals surface area contributed by atoms with E-state index in [2.05, 4.69) is 5.32 Å². The van der Waals surface area contributed by atoms with Crippen molar-refractivity contribution in [3.63, 3.8) is 0 Å². The van der Waals surface area contributed by atoms with Gasteiger partial charge in [-0.15, -0.1) is 0 Å². The van der Waals surface area contributed by atoms with E-state index in [1.165, 1.54) is 40.4 Å². The Morgan fingerprint density at radius 2 is 1.54 bits per heavy atom. The number of methoxy groups -OCH3 is 3. The molecule has 0 radical (unpaired) electrons. The lowest BCUT2D eigenvalue weighted by molar-refractivity contribution is -0.123. The number of rotatable bonds is 7. The summed E-state index contributed by atoms with van der Waals surface area (Å²) in [7, 11) is 4.37. The topological polar surface area (TPSA) is 83.1 Å². The van der Waals surface area contributed by atoms with Gasteiger partial charge in [-0.1, -0.05) is 12.1 Å². The highest BCUT2D eigenvalue weighted by molar-refractivity contribution is 5.98. The Morgan fingerprint density at radius 3 is 2.07 bits per heavy atom. The maximum Gasteiger partial charge on any atom is 0.339 e. The molecule has 0 aliphatic heterocycles. The number of esters is 1. The Kier molecular flexibility index (Phi) is 6.87. The van der Waals surface area contributed by atoms with E-state index in [-0.39, 0.29) is 5.56 Å². The van der Waals surface area contributed by atoms with Crippen LogP contribution in [-0.4, -0.2) is 39.3 Å². The van der Waals surface area contributed by atoms with Crippen molar-refractivity contribution >= 4 is 17.6 Å². The molecule has 28 heavy (non-hydrogen) atoms. The van der Waals surface area contributed by atoms with Crippen molar-refractivity contribution < 1.29 is 28.5 Å². The number of amides is 1. The molecule has 0 spiro atoms. The van der Waals surface area contributed by atoms with E-state index >= 15 is 0 Å². The van der Waals surface area contributed by atoms with Crippen LogP contribution in [0.1, 0.15) is 28.4 Å². The second-order valence-corrected chi connectivity index (χ2v) is 6.27. The Balaban J connectivity index is 2.15. The number of benzene rings is 2. The molecular weight excluding hydrogens is 362 g/mol. The zero-order valence-electron chi connectivity index (χ0n) is 16.9. The van der Waals surface area contributed by atoms with Crippen LogP contribution in [0.5, 0.6) is 17.2 Å². The highest BCUT2D eigenvalue weighted by atomic mass is 16.5. The van der Waals surface area contributed by atoms with Crippen LogP contribution in [0.4, 0.5) is 5.69 Å². The molecule has 0 aliphatic rings. The molecule has 0 bridgehead atoms. The summed E-state index contributed by atoms with van der Waals surface area (Å²) in [4.78, 5) is 24.9. The summed E-state index contributed by atoms with van der Waals surface area (Å²) in [5.74, 6) is -0.0952. The van der Waals surface area contributed by atoms with E-state index in [4.69, 9.17) is 18.9 Å². The summed E-state index contributed by atoms with van der Waals surface area (Å²) in [5.41, 5.74) is 2.80. The summed E-state index contributed by atoms with van der Waals surface area (Å²) in [6.07, 6.45) is -0.994. The maximum atomic E-state index is 12.5. The smallest absolute Gasteiger partial charge is 0.339 e. The largest absolute Gasteiger partial charge is 0.493 e. The molecule has 0 saturated heterocycles. The molecule has 0 fully saturated rings. The van der Waals surface area contributed by atoms with Crippen molar-refractivity contribution in [2.24, 2.45) is 0 Å². The molecule has 0 aromatic heterocycles. The average Bonchev–Trinajstić information content (AvgIpc) is 2.69. The van der Waals surface area contributed by atoms with E-state index in [0.29, 0.717) is 22.9 Å². The molecule has 150 valence electrons. The van der Waals surface area contributed by atoms with E-state index in [1.807, 2.05) is 32.0 Å². The van der Waals surface area contributed by atoms with Gasteiger partial charge in [-0.2, -0.15) is 0 Å². The van der Waals surface area contributed by atoms with Crippen molar-refractivity contribution in [3.05, 3.63) is 47.0 Å². The number of nitrogens with one attached hydrogen (secondary N) is 1. The first kappa shape index (κ1) is 21.1. The van der Waals surface area contributed by atoms with Gasteiger partial charge in [0.05, 0.1) is 26.9 Å². The number of hydrogen-bond acceptors (Lipinski definition) is 6. The molecule has 2 aromatic carbocycles. The first-order valence-electron chi connectivity index (χ1n) is 8.69. The minimum Gasteiger partial charge on any atom is -0.493 e. The minimum atomic E-state index is -0.994. The summed E-state index contributed by atoms with van der Waals surface area (Å²) in [6.45, 7) is 5.33. The predicted molar refractivity (Wildman–Crippen MR) is 106 cm³/mol.